The van der Waals surface area contributed by atoms with Crippen molar-refractivity contribution >= 4 is 16.9 Å². The number of piperidine rings is 1. The van der Waals surface area contributed by atoms with Gasteiger partial charge in [0.15, 0.2) is 0 Å². The molecule has 1 fully saturated rings. The number of aromatic nitrogens is 1. The molecule has 6 nitrogen and oxygen atoms in total. The number of pyridine rings is 1. The minimum atomic E-state index is -0.723. The van der Waals surface area contributed by atoms with Crippen molar-refractivity contribution in [1.29, 1.82) is 0 Å². The summed E-state index contributed by atoms with van der Waals surface area (Å²) < 4.78 is 5.39. The van der Waals surface area contributed by atoms with Gasteiger partial charge < -0.3 is 19.8 Å². The van der Waals surface area contributed by atoms with Gasteiger partial charge in [-0.05, 0) is 118 Å². The Bertz CT molecular complexity index is 1210. The summed E-state index contributed by atoms with van der Waals surface area (Å²) in [5.41, 5.74) is 4.55. The monoisotopic (exact) mass is 532 g/mol. The molecule has 1 aromatic heterocycles. The van der Waals surface area contributed by atoms with Gasteiger partial charge in [-0.1, -0.05) is 30.7 Å². The van der Waals surface area contributed by atoms with Crippen LogP contribution in [0.15, 0.2) is 54.7 Å². The molecule has 4 rings (SSSR count). The number of aliphatic hydroxyl groups excluding tert-OH is 1. The molecule has 0 radical (unpaired) electrons. The number of nitrogens with zero attached hydrogens (tertiary/aromatic N) is 2. The highest BCUT2D eigenvalue weighted by Crippen LogP contribution is 2.35. The zero-order valence-electron chi connectivity index (χ0n) is 23.5. The number of aliphatic carboxylic acids is 1. The quantitative estimate of drug-likeness (QED) is 0.228. The lowest BCUT2D eigenvalue weighted by Gasteiger charge is -2.39. The fourth-order valence-corrected chi connectivity index (χ4v) is 6.18. The Labute approximate surface area is 233 Å². The highest BCUT2D eigenvalue weighted by Gasteiger charge is 2.30. The van der Waals surface area contributed by atoms with Crippen molar-refractivity contribution in [1.82, 2.24) is 9.88 Å². The number of carbonyl (C=O) groups is 1. The molecule has 0 aliphatic carbocycles. The Morgan fingerprint density at radius 3 is 2.74 bits per heavy atom. The second kappa shape index (κ2) is 14.4. The van der Waals surface area contributed by atoms with Gasteiger partial charge in [0.2, 0.25) is 0 Å². The predicted molar refractivity (Wildman–Crippen MR) is 156 cm³/mol. The van der Waals surface area contributed by atoms with Crippen molar-refractivity contribution in [3.8, 4) is 5.75 Å². The van der Waals surface area contributed by atoms with E-state index in [-0.39, 0.29) is 6.42 Å². The van der Waals surface area contributed by atoms with E-state index < -0.39 is 12.1 Å². The highest BCUT2D eigenvalue weighted by atomic mass is 16.5. The maximum atomic E-state index is 11.4. The number of rotatable bonds is 14. The van der Waals surface area contributed by atoms with Gasteiger partial charge in [0, 0.05) is 24.5 Å². The molecule has 3 atom stereocenters. The summed E-state index contributed by atoms with van der Waals surface area (Å²) >= 11 is 0. The summed E-state index contributed by atoms with van der Waals surface area (Å²) in [5, 5.41) is 21.4. The first-order chi connectivity index (χ1) is 18.9. The molecule has 39 heavy (non-hydrogen) atoms. The molecule has 0 amide bonds. The van der Waals surface area contributed by atoms with Crippen molar-refractivity contribution in [2.45, 2.75) is 70.8 Å². The maximum Gasteiger partial charge on any atom is 0.303 e. The average molecular weight is 533 g/mol. The summed E-state index contributed by atoms with van der Waals surface area (Å²) in [6.07, 6.45) is 9.42. The van der Waals surface area contributed by atoms with Crippen LogP contribution in [0.4, 0.5) is 0 Å². The third kappa shape index (κ3) is 8.26. The van der Waals surface area contributed by atoms with E-state index in [1.54, 1.807) is 13.3 Å². The molecule has 1 saturated heterocycles. The molecule has 0 bridgehead atoms. The Morgan fingerprint density at radius 1 is 1.10 bits per heavy atom. The SMILES string of the molecule is COc1ccc2nccc([C@H](O)CC[C@@H]3CCN(CCCCCc4ccccc4C)C[C@H]3CCC(=O)O)c2c1. The Hall–Kier alpha value is -2.96. The van der Waals surface area contributed by atoms with E-state index in [2.05, 4.69) is 41.1 Å². The minimum absolute atomic E-state index is 0.211. The summed E-state index contributed by atoms with van der Waals surface area (Å²) in [7, 11) is 1.64. The molecule has 210 valence electrons. The second-order valence-electron chi connectivity index (χ2n) is 11.2. The number of methoxy groups -OCH3 is 1. The summed E-state index contributed by atoms with van der Waals surface area (Å²) in [6, 6.07) is 16.3. The number of carboxylic acid groups (broad SMARTS) is 1. The van der Waals surface area contributed by atoms with E-state index in [1.807, 2.05) is 24.3 Å². The number of aryl methyl sites for hydroxylation is 2. The molecular weight excluding hydrogens is 488 g/mol. The van der Waals surface area contributed by atoms with Crippen molar-refractivity contribution in [2.75, 3.05) is 26.7 Å². The summed E-state index contributed by atoms with van der Waals surface area (Å²) in [4.78, 5) is 18.3. The molecule has 2 aromatic carbocycles. The van der Waals surface area contributed by atoms with Gasteiger partial charge in [-0.15, -0.1) is 0 Å². The van der Waals surface area contributed by atoms with Crippen LogP contribution in [0.25, 0.3) is 10.9 Å². The first-order valence-electron chi connectivity index (χ1n) is 14.5. The largest absolute Gasteiger partial charge is 0.497 e. The van der Waals surface area contributed by atoms with E-state index >= 15 is 0 Å². The molecule has 0 saturated carbocycles. The van der Waals surface area contributed by atoms with Crippen LogP contribution in [0.1, 0.15) is 74.2 Å². The number of hydrogen-bond acceptors (Lipinski definition) is 5. The molecule has 3 aromatic rings. The summed E-state index contributed by atoms with van der Waals surface area (Å²) in [5.74, 6) is 0.807. The normalized spacial score (nSPS) is 18.7. The third-order valence-electron chi connectivity index (χ3n) is 8.54. The first kappa shape index (κ1) is 29.0. The predicted octanol–water partition coefficient (Wildman–Crippen LogP) is 6.58. The Morgan fingerprint density at radius 2 is 1.95 bits per heavy atom. The van der Waals surface area contributed by atoms with Gasteiger partial charge in [-0.3, -0.25) is 9.78 Å². The smallest absolute Gasteiger partial charge is 0.303 e. The van der Waals surface area contributed by atoms with E-state index in [0.29, 0.717) is 24.7 Å². The molecule has 6 heteroatoms. The van der Waals surface area contributed by atoms with Crippen molar-refractivity contribution in [3.63, 3.8) is 0 Å². The minimum Gasteiger partial charge on any atom is -0.497 e. The third-order valence-corrected chi connectivity index (χ3v) is 8.54. The van der Waals surface area contributed by atoms with Crippen LogP contribution in [-0.2, 0) is 11.2 Å². The molecule has 2 N–H and O–H groups in total. The second-order valence-corrected chi connectivity index (χ2v) is 11.2. The lowest BCUT2D eigenvalue weighted by Crippen LogP contribution is -2.41. The van der Waals surface area contributed by atoms with Gasteiger partial charge in [-0.25, -0.2) is 0 Å². The fraction of sp³-hybridized carbons (Fsp3) is 0.515. The molecular formula is C33H44N2O4. The standard InChI is InChI=1S/C33H44N2O4/c1-24-8-5-6-10-25(24)9-4-3-7-20-35-21-18-26(27(23-35)12-16-33(37)38)11-15-32(36)29-17-19-34-31-14-13-28(39-2)22-30(29)31/h5-6,8,10,13-14,17,19,22,26-27,32,36H,3-4,7,9,11-12,15-16,18,20-21,23H2,1-2H3,(H,37,38)/t26-,27-,32-/m1/s1. The number of hydrogen-bond donors (Lipinski definition) is 2. The zero-order chi connectivity index (χ0) is 27.6. The van der Waals surface area contributed by atoms with Crippen molar-refractivity contribution in [3.05, 3.63) is 71.4 Å². The number of aliphatic hydroxyl groups is 1. The molecule has 0 unspecified atom stereocenters. The van der Waals surface area contributed by atoms with Crippen LogP contribution in [0.3, 0.4) is 0 Å². The van der Waals surface area contributed by atoms with E-state index in [9.17, 15) is 15.0 Å². The van der Waals surface area contributed by atoms with Gasteiger partial charge in [0.25, 0.3) is 0 Å². The van der Waals surface area contributed by atoms with E-state index in [1.165, 1.54) is 30.4 Å². The molecule has 2 heterocycles. The number of carboxylic acids is 1. The van der Waals surface area contributed by atoms with Gasteiger partial charge in [0.05, 0.1) is 18.7 Å². The van der Waals surface area contributed by atoms with Crippen LogP contribution in [-0.4, -0.2) is 52.8 Å². The lowest BCUT2D eigenvalue weighted by atomic mass is 9.79. The Kier molecular flexibility index (Phi) is 10.7. The Balaban J connectivity index is 1.29. The maximum absolute atomic E-state index is 11.4. The van der Waals surface area contributed by atoms with E-state index in [4.69, 9.17) is 4.74 Å². The van der Waals surface area contributed by atoms with Crippen LogP contribution in [0, 0.1) is 18.8 Å². The van der Waals surface area contributed by atoms with Crippen molar-refractivity contribution < 1.29 is 19.7 Å². The molecule has 0 spiro atoms. The number of fused-ring (bicyclic) bond motifs is 1. The number of likely N-dealkylation sites (tertiary alicyclic amines) is 1. The highest BCUT2D eigenvalue weighted by molar-refractivity contribution is 5.83. The van der Waals surface area contributed by atoms with Crippen molar-refractivity contribution in [2.24, 2.45) is 11.8 Å². The average Bonchev–Trinajstić information content (AvgIpc) is 2.95. The van der Waals surface area contributed by atoms with Crippen LogP contribution in [0.5, 0.6) is 5.75 Å². The van der Waals surface area contributed by atoms with Crippen LogP contribution < -0.4 is 4.74 Å². The number of ether oxygens (including phenoxy) is 1. The van der Waals surface area contributed by atoms with E-state index in [0.717, 1.165) is 61.1 Å². The van der Waals surface area contributed by atoms with Crippen LogP contribution in [0.2, 0.25) is 0 Å². The lowest BCUT2D eigenvalue weighted by molar-refractivity contribution is -0.137. The number of benzene rings is 2. The van der Waals surface area contributed by atoms with Gasteiger partial charge in [-0.2, -0.15) is 0 Å². The van der Waals surface area contributed by atoms with Gasteiger partial charge in [0.1, 0.15) is 5.75 Å². The number of unbranched alkanes of at least 4 members (excludes halogenated alkanes) is 2. The van der Waals surface area contributed by atoms with Crippen LogP contribution >= 0.6 is 0 Å². The molecule has 1 aliphatic heterocycles. The topological polar surface area (TPSA) is 82.9 Å². The van der Waals surface area contributed by atoms with Gasteiger partial charge >= 0.3 is 5.97 Å². The first-order valence-corrected chi connectivity index (χ1v) is 14.5. The fourth-order valence-electron chi connectivity index (χ4n) is 6.18. The summed E-state index contributed by atoms with van der Waals surface area (Å²) in [6.45, 7) is 5.28. The zero-order valence-corrected chi connectivity index (χ0v) is 23.5. The molecule has 1 aliphatic rings.